The lowest BCUT2D eigenvalue weighted by molar-refractivity contribution is -0.138. The number of pyridine rings is 2. The maximum absolute atomic E-state index is 13.0. The minimum absolute atomic E-state index is 0.412. The molecule has 4 aromatic rings. The molecule has 6 heterocycles. The summed E-state index contributed by atoms with van der Waals surface area (Å²) in [5.74, 6) is 3.94. The maximum atomic E-state index is 13.0. The molecule has 4 aromatic heterocycles. The van der Waals surface area contributed by atoms with E-state index in [1.54, 1.807) is 0 Å². The molecule has 1 saturated carbocycles. The molecule has 5 aliphatic rings. The Hall–Kier alpha value is -4.36. The Bertz CT molecular complexity index is 1960. The van der Waals surface area contributed by atoms with E-state index in [9.17, 15) is 26.3 Å². The lowest BCUT2D eigenvalue weighted by Crippen LogP contribution is -2.33. The van der Waals surface area contributed by atoms with Gasteiger partial charge in [-0.1, -0.05) is 13.8 Å². The quantitative estimate of drug-likeness (QED) is 0.196. The van der Waals surface area contributed by atoms with E-state index < -0.39 is 23.5 Å². The summed E-state index contributed by atoms with van der Waals surface area (Å²) < 4.78 is 77.9. The van der Waals surface area contributed by atoms with Crippen LogP contribution in [0.25, 0.3) is 0 Å². The zero-order chi connectivity index (χ0) is 36.8. The Morgan fingerprint density at radius 1 is 0.596 bits per heavy atom. The third kappa shape index (κ3) is 7.43. The van der Waals surface area contributed by atoms with Gasteiger partial charge in [-0.3, -0.25) is 9.97 Å². The predicted molar refractivity (Wildman–Crippen MR) is 184 cm³/mol. The Morgan fingerprint density at radius 3 is 1.56 bits per heavy atom. The van der Waals surface area contributed by atoms with Crippen molar-refractivity contribution in [2.75, 3.05) is 22.9 Å². The van der Waals surface area contributed by atoms with Crippen molar-refractivity contribution in [3.8, 4) is 0 Å². The highest BCUT2D eigenvalue weighted by atomic mass is 19.4. The van der Waals surface area contributed by atoms with Crippen LogP contribution in [0.5, 0.6) is 0 Å². The Kier molecular flexibility index (Phi) is 9.85. The summed E-state index contributed by atoms with van der Waals surface area (Å²) in [6.07, 6.45) is 2.68. The van der Waals surface area contributed by atoms with E-state index in [1.807, 2.05) is 20.8 Å². The van der Waals surface area contributed by atoms with Crippen LogP contribution in [0, 0.1) is 6.92 Å². The topological polar surface area (TPSA) is 83.8 Å². The van der Waals surface area contributed by atoms with Gasteiger partial charge in [-0.25, -0.2) is 19.9 Å². The van der Waals surface area contributed by atoms with Crippen LogP contribution in [0.2, 0.25) is 0 Å². The molecule has 0 saturated heterocycles. The zero-order valence-corrected chi connectivity index (χ0v) is 29.6. The van der Waals surface area contributed by atoms with Crippen LogP contribution in [0.4, 0.5) is 38.0 Å². The van der Waals surface area contributed by atoms with Crippen molar-refractivity contribution >= 4 is 11.6 Å². The Balaban J connectivity index is 0.000000155. The third-order valence-electron chi connectivity index (χ3n) is 10.2. The van der Waals surface area contributed by atoms with Gasteiger partial charge in [0, 0.05) is 91.2 Å². The Morgan fingerprint density at radius 2 is 1.08 bits per heavy atom. The highest BCUT2D eigenvalue weighted by molar-refractivity contribution is 5.54. The minimum atomic E-state index is -4.36. The molecular weight excluding hydrogens is 682 g/mol. The summed E-state index contributed by atoms with van der Waals surface area (Å²) in [5.41, 5.74) is 6.03. The highest BCUT2D eigenvalue weighted by Crippen LogP contribution is 2.41. The lowest BCUT2D eigenvalue weighted by Gasteiger charge is -2.31. The van der Waals surface area contributed by atoms with Crippen LogP contribution in [-0.2, 0) is 64.0 Å². The number of rotatable bonds is 3. The average Bonchev–Trinajstić information content (AvgIpc) is 3.69. The molecule has 2 aliphatic heterocycles. The second-order valence-corrected chi connectivity index (χ2v) is 13.8. The first-order valence-electron chi connectivity index (χ1n) is 18.3. The molecule has 0 atom stereocenters. The van der Waals surface area contributed by atoms with Crippen molar-refractivity contribution in [1.29, 1.82) is 0 Å². The van der Waals surface area contributed by atoms with E-state index >= 15 is 0 Å². The number of fused-ring (bicyclic) bond motifs is 4. The summed E-state index contributed by atoms with van der Waals surface area (Å²) in [6.45, 7) is 8.16. The smallest absolute Gasteiger partial charge is 0.351 e. The van der Waals surface area contributed by atoms with Crippen LogP contribution >= 0.6 is 0 Å². The molecular formula is C38H42F6N8. The molecule has 1 fully saturated rings. The zero-order valence-electron chi connectivity index (χ0n) is 29.6. The normalized spacial score (nSPS) is 17.6. The number of aryl methyl sites for hydroxylation is 3. The molecule has 0 bridgehead atoms. The SMILES string of the molecule is CC.Cc1nc2c(c(N3CCc4ncc(C(F)(F)F)cc4C3)n1)CCC2.FC(F)(F)c1cnc2c(c1)CN(c1nc(C3CC3)nc3c1CCC3)CC2. The summed E-state index contributed by atoms with van der Waals surface area (Å²) >= 11 is 0. The molecule has 0 radical (unpaired) electrons. The first kappa shape index (κ1) is 36.0. The number of aromatic nitrogens is 6. The van der Waals surface area contributed by atoms with E-state index in [2.05, 4.69) is 29.7 Å². The fourth-order valence-electron chi connectivity index (χ4n) is 7.54. The molecule has 0 aromatic carbocycles. The van der Waals surface area contributed by atoms with Crippen LogP contribution in [-0.4, -0.2) is 43.0 Å². The first-order valence-corrected chi connectivity index (χ1v) is 18.3. The van der Waals surface area contributed by atoms with Gasteiger partial charge in [0.15, 0.2) is 0 Å². The maximum Gasteiger partial charge on any atom is 0.417 e. The van der Waals surface area contributed by atoms with Crippen LogP contribution in [0.15, 0.2) is 24.5 Å². The van der Waals surface area contributed by atoms with Crippen molar-refractivity contribution in [2.45, 2.75) is 116 Å². The summed E-state index contributed by atoms with van der Waals surface area (Å²) in [6, 6.07) is 2.47. The van der Waals surface area contributed by atoms with Crippen LogP contribution in [0.1, 0.15) is 113 Å². The van der Waals surface area contributed by atoms with E-state index in [-0.39, 0.29) is 0 Å². The van der Waals surface area contributed by atoms with Crippen molar-refractivity contribution in [3.63, 3.8) is 0 Å². The minimum Gasteiger partial charge on any atom is -0.351 e. The Labute approximate surface area is 299 Å². The fourth-order valence-corrected chi connectivity index (χ4v) is 7.54. The second-order valence-electron chi connectivity index (χ2n) is 13.8. The van der Waals surface area contributed by atoms with Crippen molar-refractivity contribution in [1.82, 2.24) is 29.9 Å². The number of nitrogens with zero attached hydrogens (tertiary/aromatic N) is 8. The molecule has 9 rings (SSSR count). The number of hydrogen-bond donors (Lipinski definition) is 0. The van der Waals surface area contributed by atoms with Gasteiger partial charge < -0.3 is 9.80 Å². The van der Waals surface area contributed by atoms with Gasteiger partial charge in [-0.05, 0) is 81.5 Å². The van der Waals surface area contributed by atoms with Crippen molar-refractivity contribution < 1.29 is 26.3 Å². The van der Waals surface area contributed by atoms with Gasteiger partial charge >= 0.3 is 12.4 Å². The molecule has 8 nitrogen and oxygen atoms in total. The van der Waals surface area contributed by atoms with Gasteiger partial charge in [0.1, 0.15) is 23.3 Å². The monoisotopic (exact) mass is 724 g/mol. The largest absolute Gasteiger partial charge is 0.417 e. The lowest BCUT2D eigenvalue weighted by atomic mass is 10.0. The standard InChI is InChI=1S/C19H19F3N4.C17H17F3N4.C2H6/c20-19(21,22)13-8-12-10-26(7-6-15(12)23-9-13)18-14-2-1-3-16(14)24-17(25-18)11-4-5-11;1-10-22-15-4-2-3-13(15)16(23-10)24-6-5-14-11(9-24)7-12(8-21-14)17(18,19)20;1-2/h8-9,11H,1-7,10H2;7-8H,2-6,9H2,1H3;1-2H3. The summed E-state index contributed by atoms with van der Waals surface area (Å²) in [7, 11) is 0. The molecule has 52 heavy (non-hydrogen) atoms. The molecule has 3 aliphatic carbocycles. The summed E-state index contributed by atoms with van der Waals surface area (Å²) in [4.78, 5) is 31.0. The van der Waals surface area contributed by atoms with Gasteiger partial charge in [-0.2, -0.15) is 26.3 Å². The van der Waals surface area contributed by atoms with Crippen LogP contribution < -0.4 is 9.80 Å². The fraction of sp³-hybridized carbons (Fsp3) is 0.526. The number of hydrogen-bond acceptors (Lipinski definition) is 8. The van der Waals surface area contributed by atoms with E-state index in [1.165, 1.54) is 17.7 Å². The van der Waals surface area contributed by atoms with Crippen molar-refractivity contribution in [2.24, 2.45) is 0 Å². The number of halogens is 6. The molecule has 0 spiro atoms. The average molecular weight is 725 g/mol. The number of alkyl halides is 6. The van der Waals surface area contributed by atoms with Gasteiger partial charge in [0.25, 0.3) is 0 Å². The van der Waals surface area contributed by atoms with E-state index in [4.69, 9.17) is 9.97 Å². The summed E-state index contributed by atoms with van der Waals surface area (Å²) in [5, 5.41) is 0. The van der Waals surface area contributed by atoms with E-state index in [0.29, 0.717) is 49.5 Å². The van der Waals surface area contributed by atoms with Gasteiger partial charge in [-0.15, -0.1) is 0 Å². The van der Waals surface area contributed by atoms with Gasteiger partial charge in [0.2, 0.25) is 0 Å². The second kappa shape index (κ2) is 14.2. The van der Waals surface area contributed by atoms with Gasteiger partial charge in [0.05, 0.1) is 11.1 Å². The molecule has 0 unspecified atom stereocenters. The van der Waals surface area contributed by atoms with E-state index in [0.717, 1.165) is 122 Å². The molecule has 276 valence electrons. The molecule has 14 heteroatoms. The third-order valence-corrected chi connectivity index (χ3v) is 10.2. The molecule has 0 amide bonds. The molecule has 0 N–H and O–H groups in total. The van der Waals surface area contributed by atoms with Crippen molar-refractivity contribution in [3.05, 3.63) is 92.3 Å². The predicted octanol–water partition coefficient (Wildman–Crippen LogP) is 8.10. The number of anilines is 2. The first-order chi connectivity index (χ1) is 24.9. The highest BCUT2D eigenvalue weighted by Gasteiger charge is 2.35. The van der Waals surface area contributed by atoms with Crippen LogP contribution in [0.3, 0.4) is 0 Å².